The Morgan fingerprint density at radius 3 is 2.50 bits per heavy atom. The maximum absolute atomic E-state index is 12.5. The number of phenols is 1. The first-order valence-electron chi connectivity index (χ1n) is 9.19. The average Bonchev–Trinajstić information content (AvgIpc) is 2.71. The maximum atomic E-state index is 12.5. The smallest absolute Gasteiger partial charge is 0.340 e. The number of hydrogen-bond acceptors (Lipinski definition) is 6. The number of carbonyl (C=O) groups excluding carboxylic acids is 1. The van der Waals surface area contributed by atoms with E-state index in [1.54, 1.807) is 37.3 Å². The summed E-state index contributed by atoms with van der Waals surface area (Å²) in [5, 5.41) is 21.9. The van der Waals surface area contributed by atoms with Crippen molar-refractivity contribution in [3.8, 4) is 11.5 Å². The number of benzene rings is 2. The van der Waals surface area contributed by atoms with Crippen LogP contribution in [-0.2, 0) is 22.4 Å². The number of methoxy groups -OCH3 is 1. The van der Waals surface area contributed by atoms with E-state index in [4.69, 9.17) is 9.15 Å². The van der Waals surface area contributed by atoms with Crippen LogP contribution in [0.3, 0.4) is 0 Å². The third-order valence-corrected chi connectivity index (χ3v) is 4.84. The van der Waals surface area contributed by atoms with Gasteiger partial charge in [-0.1, -0.05) is 12.1 Å². The molecule has 2 aromatic carbocycles. The van der Waals surface area contributed by atoms with Crippen LogP contribution in [-0.4, -0.2) is 35.2 Å². The van der Waals surface area contributed by atoms with E-state index in [2.05, 4.69) is 5.32 Å². The number of hydrogen-bond donors (Lipinski definition) is 3. The number of carbonyl (C=O) groups is 2. The van der Waals surface area contributed by atoms with Gasteiger partial charge in [-0.05, 0) is 42.3 Å². The summed E-state index contributed by atoms with van der Waals surface area (Å²) in [5.74, 6) is -1.21. The lowest BCUT2D eigenvalue weighted by Gasteiger charge is -2.15. The van der Waals surface area contributed by atoms with Crippen LogP contribution >= 0.6 is 0 Å². The molecule has 0 spiro atoms. The van der Waals surface area contributed by atoms with Gasteiger partial charge in [0.1, 0.15) is 23.1 Å². The van der Waals surface area contributed by atoms with Crippen molar-refractivity contribution in [1.82, 2.24) is 5.32 Å². The van der Waals surface area contributed by atoms with Crippen LogP contribution in [0.15, 0.2) is 51.7 Å². The van der Waals surface area contributed by atoms with Gasteiger partial charge in [-0.25, -0.2) is 9.59 Å². The summed E-state index contributed by atoms with van der Waals surface area (Å²) >= 11 is 0. The summed E-state index contributed by atoms with van der Waals surface area (Å²) < 4.78 is 10.4. The summed E-state index contributed by atoms with van der Waals surface area (Å²) in [7, 11) is 1.50. The maximum Gasteiger partial charge on any atom is 0.340 e. The molecule has 0 bridgehead atoms. The summed E-state index contributed by atoms with van der Waals surface area (Å²) in [6.45, 7) is 1.71. The van der Waals surface area contributed by atoms with E-state index in [0.717, 1.165) is 0 Å². The van der Waals surface area contributed by atoms with Gasteiger partial charge in [0.05, 0.1) is 19.1 Å². The second kappa shape index (κ2) is 8.69. The molecule has 1 atom stereocenters. The predicted octanol–water partition coefficient (Wildman–Crippen LogP) is 2.17. The van der Waals surface area contributed by atoms with E-state index >= 15 is 0 Å². The third-order valence-electron chi connectivity index (χ3n) is 4.84. The normalized spacial score (nSPS) is 11.8. The van der Waals surface area contributed by atoms with Gasteiger partial charge in [-0.15, -0.1) is 0 Å². The average molecular weight is 411 g/mol. The zero-order valence-corrected chi connectivity index (χ0v) is 16.5. The minimum Gasteiger partial charge on any atom is -0.508 e. The Kier molecular flexibility index (Phi) is 6.06. The molecule has 1 aromatic heterocycles. The van der Waals surface area contributed by atoms with Gasteiger partial charge in [-0.3, -0.25) is 4.79 Å². The molecular weight excluding hydrogens is 390 g/mol. The number of aliphatic carboxylic acids is 1. The van der Waals surface area contributed by atoms with Gasteiger partial charge in [-0.2, -0.15) is 0 Å². The van der Waals surface area contributed by atoms with Crippen molar-refractivity contribution >= 4 is 22.8 Å². The fourth-order valence-corrected chi connectivity index (χ4v) is 3.18. The molecule has 0 aliphatic rings. The Morgan fingerprint density at radius 2 is 1.87 bits per heavy atom. The Labute approximate surface area is 171 Å². The summed E-state index contributed by atoms with van der Waals surface area (Å²) in [5.41, 5.74) is 1.07. The topological polar surface area (TPSA) is 126 Å². The molecule has 1 unspecified atom stereocenters. The van der Waals surface area contributed by atoms with E-state index in [9.17, 15) is 24.6 Å². The van der Waals surface area contributed by atoms with Gasteiger partial charge in [0, 0.05) is 17.9 Å². The zero-order chi connectivity index (χ0) is 21.8. The lowest BCUT2D eigenvalue weighted by Crippen LogP contribution is -2.43. The van der Waals surface area contributed by atoms with E-state index in [1.165, 1.54) is 19.2 Å². The fourth-order valence-electron chi connectivity index (χ4n) is 3.18. The van der Waals surface area contributed by atoms with Crippen molar-refractivity contribution < 1.29 is 29.0 Å². The highest BCUT2D eigenvalue weighted by atomic mass is 16.5. The van der Waals surface area contributed by atoms with Crippen LogP contribution in [0.4, 0.5) is 0 Å². The molecule has 156 valence electrons. The molecule has 0 saturated carbocycles. The van der Waals surface area contributed by atoms with Crippen molar-refractivity contribution in [2.45, 2.75) is 25.8 Å². The Bertz CT molecular complexity index is 1150. The highest BCUT2D eigenvalue weighted by Crippen LogP contribution is 2.24. The van der Waals surface area contributed by atoms with Crippen molar-refractivity contribution in [2.75, 3.05) is 7.11 Å². The lowest BCUT2D eigenvalue weighted by molar-refractivity contribution is -0.141. The number of fused-ring (bicyclic) bond motifs is 1. The van der Waals surface area contributed by atoms with Crippen molar-refractivity contribution in [2.24, 2.45) is 0 Å². The molecule has 1 heterocycles. The zero-order valence-electron chi connectivity index (χ0n) is 16.5. The van der Waals surface area contributed by atoms with Crippen LogP contribution in [0.1, 0.15) is 16.7 Å². The summed E-state index contributed by atoms with van der Waals surface area (Å²) in [4.78, 5) is 36.5. The number of carboxylic acid groups (broad SMARTS) is 1. The number of ether oxygens (including phenoxy) is 1. The molecule has 30 heavy (non-hydrogen) atoms. The number of phenolic OH excluding ortho intramolecular Hbond substituents is 1. The molecule has 0 aliphatic carbocycles. The molecule has 3 N–H and O–H groups in total. The largest absolute Gasteiger partial charge is 0.508 e. The monoisotopic (exact) mass is 411 g/mol. The molecule has 0 fully saturated rings. The first-order valence-corrected chi connectivity index (χ1v) is 9.19. The summed E-state index contributed by atoms with van der Waals surface area (Å²) in [6, 6.07) is 9.89. The number of amides is 1. The predicted molar refractivity (Wildman–Crippen MR) is 109 cm³/mol. The molecule has 3 rings (SSSR count). The third kappa shape index (κ3) is 4.60. The Hall–Kier alpha value is -3.81. The minimum atomic E-state index is -1.20. The number of aryl methyl sites for hydroxylation is 1. The van der Waals surface area contributed by atoms with E-state index in [0.29, 0.717) is 27.8 Å². The van der Waals surface area contributed by atoms with E-state index in [1.807, 2.05) is 0 Å². The lowest BCUT2D eigenvalue weighted by atomic mass is 10.0. The highest BCUT2D eigenvalue weighted by molar-refractivity contribution is 5.87. The first kappa shape index (κ1) is 20.9. The van der Waals surface area contributed by atoms with Gasteiger partial charge in [0.15, 0.2) is 0 Å². The number of aromatic hydroxyl groups is 1. The van der Waals surface area contributed by atoms with Crippen LogP contribution < -0.4 is 15.7 Å². The molecule has 0 saturated heterocycles. The molecule has 8 heteroatoms. The minimum absolute atomic E-state index is 0.0342. The van der Waals surface area contributed by atoms with Crippen molar-refractivity contribution in [3.05, 3.63) is 69.6 Å². The van der Waals surface area contributed by atoms with E-state index in [-0.39, 0.29) is 24.2 Å². The molecule has 3 aromatic rings. The van der Waals surface area contributed by atoms with Gasteiger partial charge < -0.3 is 24.7 Å². The van der Waals surface area contributed by atoms with Crippen LogP contribution in [0, 0.1) is 6.92 Å². The Balaban J connectivity index is 1.80. The number of rotatable bonds is 7. The standard InChI is InChI=1S/C22H21NO7/c1-12-16-8-7-15(29-2)10-19(16)30-22(28)17(12)11-20(25)23-18(21(26)27)9-13-3-5-14(24)6-4-13/h3-8,10,18,24H,9,11H2,1-2H3,(H,23,25)(H,26,27). The van der Waals surface area contributed by atoms with Crippen LogP contribution in [0.2, 0.25) is 0 Å². The molecular formula is C22H21NO7. The highest BCUT2D eigenvalue weighted by Gasteiger charge is 2.22. The molecule has 0 aliphatic heterocycles. The van der Waals surface area contributed by atoms with Gasteiger partial charge in [0.2, 0.25) is 5.91 Å². The fraction of sp³-hybridized carbons (Fsp3) is 0.227. The van der Waals surface area contributed by atoms with Crippen molar-refractivity contribution in [1.29, 1.82) is 0 Å². The molecule has 0 radical (unpaired) electrons. The van der Waals surface area contributed by atoms with Gasteiger partial charge >= 0.3 is 11.6 Å². The van der Waals surface area contributed by atoms with Crippen LogP contribution in [0.5, 0.6) is 11.5 Å². The summed E-state index contributed by atoms with van der Waals surface area (Å²) in [6.07, 6.45) is -0.276. The molecule has 1 amide bonds. The SMILES string of the molecule is COc1ccc2c(C)c(CC(=O)NC(Cc3ccc(O)cc3)C(=O)O)c(=O)oc2c1. The second-order valence-corrected chi connectivity index (χ2v) is 6.86. The number of carboxylic acids is 1. The first-order chi connectivity index (χ1) is 14.3. The molecule has 8 nitrogen and oxygen atoms in total. The number of nitrogens with one attached hydrogen (secondary N) is 1. The van der Waals surface area contributed by atoms with Crippen LogP contribution in [0.25, 0.3) is 11.0 Å². The van der Waals surface area contributed by atoms with Crippen molar-refractivity contribution in [3.63, 3.8) is 0 Å². The second-order valence-electron chi connectivity index (χ2n) is 6.86. The Morgan fingerprint density at radius 1 is 1.17 bits per heavy atom. The quantitative estimate of drug-likeness (QED) is 0.509. The van der Waals surface area contributed by atoms with Gasteiger partial charge in [0.25, 0.3) is 0 Å². The van der Waals surface area contributed by atoms with E-state index < -0.39 is 23.5 Å².